The maximum atomic E-state index is 13.6. The van der Waals surface area contributed by atoms with Crippen molar-refractivity contribution in [2.24, 2.45) is 0 Å². The van der Waals surface area contributed by atoms with Gasteiger partial charge in [-0.2, -0.15) is 0 Å². The third-order valence-electron chi connectivity index (χ3n) is 2.70. The van der Waals surface area contributed by atoms with E-state index in [-0.39, 0.29) is 0 Å². The van der Waals surface area contributed by atoms with E-state index in [0.717, 1.165) is 25.1 Å². The minimum Gasteiger partial charge on any atom is -0.475 e. The number of aliphatic carboxylic acids is 1. The molecule has 2 rings (SSSR count). The van der Waals surface area contributed by atoms with E-state index >= 15 is 0 Å². The fourth-order valence-corrected chi connectivity index (χ4v) is 1.79. The fraction of sp³-hybridized carbons (Fsp3) is 0.167. The highest BCUT2D eigenvalue weighted by atomic mass is 19.1. The molecule has 1 aromatic carbocycles. The van der Waals surface area contributed by atoms with Crippen LogP contribution in [0.2, 0.25) is 0 Å². The van der Waals surface area contributed by atoms with Gasteiger partial charge in [0.05, 0.1) is 5.56 Å². The average molecular weight is 254 g/mol. The monoisotopic (exact) mass is 254 g/mol. The van der Waals surface area contributed by atoms with Gasteiger partial charge in [-0.3, -0.25) is 4.79 Å². The first-order chi connectivity index (χ1) is 8.36. The van der Waals surface area contributed by atoms with Gasteiger partial charge in [0.2, 0.25) is 11.5 Å². The highest BCUT2D eigenvalue weighted by Gasteiger charge is 2.47. The van der Waals surface area contributed by atoms with Crippen molar-refractivity contribution in [3.05, 3.63) is 47.2 Å². The number of carbonyl (C=O) groups is 2. The SMILES string of the molecule is CC1(c2c(F)cccc2F)OC(C(=O)O)=CC1=O. The van der Waals surface area contributed by atoms with Gasteiger partial charge in [0.25, 0.3) is 0 Å². The zero-order chi connectivity index (χ0) is 13.5. The molecule has 0 fully saturated rings. The molecule has 1 N–H and O–H groups in total. The highest BCUT2D eigenvalue weighted by Crippen LogP contribution is 2.37. The summed E-state index contributed by atoms with van der Waals surface area (Å²) in [6.45, 7) is 1.13. The van der Waals surface area contributed by atoms with Crippen molar-refractivity contribution in [1.29, 1.82) is 0 Å². The van der Waals surface area contributed by atoms with Crippen LogP contribution in [0.15, 0.2) is 30.0 Å². The summed E-state index contributed by atoms with van der Waals surface area (Å²) < 4.78 is 32.1. The lowest BCUT2D eigenvalue weighted by Gasteiger charge is -2.24. The molecule has 0 aromatic heterocycles. The molecule has 18 heavy (non-hydrogen) atoms. The van der Waals surface area contributed by atoms with Crippen LogP contribution < -0.4 is 0 Å². The molecule has 1 atom stereocenters. The van der Waals surface area contributed by atoms with Crippen LogP contribution in [-0.4, -0.2) is 16.9 Å². The lowest BCUT2D eigenvalue weighted by atomic mass is 9.91. The zero-order valence-corrected chi connectivity index (χ0v) is 9.24. The normalized spacial score (nSPS) is 22.6. The van der Waals surface area contributed by atoms with E-state index in [1.807, 2.05) is 0 Å². The molecule has 0 saturated heterocycles. The van der Waals surface area contributed by atoms with Gasteiger partial charge in [-0.05, 0) is 19.1 Å². The number of rotatable bonds is 2. The second-order valence-corrected chi connectivity index (χ2v) is 3.91. The summed E-state index contributed by atoms with van der Waals surface area (Å²) in [6, 6.07) is 3.08. The molecule has 0 amide bonds. The molecule has 1 aromatic rings. The van der Waals surface area contributed by atoms with Gasteiger partial charge in [0, 0.05) is 6.08 Å². The number of carboxylic acid groups (broad SMARTS) is 1. The van der Waals surface area contributed by atoms with Crippen molar-refractivity contribution in [2.45, 2.75) is 12.5 Å². The first kappa shape index (κ1) is 12.2. The third kappa shape index (κ3) is 1.66. The summed E-state index contributed by atoms with van der Waals surface area (Å²) in [5.41, 5.74) is -2.58. The topological polar surface area (TPSA) is 63.6 Å². The quantitative estimate of drug-likeness (QED) is 0.873. The summed E-state index contributed by atoms with van der Waals surface area (Å²) in [4.78, 5) is 22.4. The van der Waals surface area contributed by atoms with Crippen LogP contribution in [0.4, 0.5) is 8.78 Å². The van der Waals surface area contributed by atoms with Gasteiger partial charge in [-0.15, -0.1) is 0 Å². The molecule has 94 valence electrons. The number of hydrogen-bond donors (Lipinski definition) is 1. The molecule has 0 saturated carbocycles. The van der Waals surface area contributed by atoms with E-state index in [2.05, 4.69) is 0 Å². The molecule has 4 nitrogen and oxygen atoms in total. The van der Waals surface area contributed by atoms with Crippen LogP contribution in [0, 0.1) is 11.6 Å². The minimum absolute atomic E-state index is 0.595. The number of carbonyl (C=O) groups excluding carboxylic acids is 1. The standard InChI is InChI=1S/C12H8F2O4/c1-12(9(15)5-8(18-12)11(16)17)10-6(13)3-2-4-7(10)14/h2-5H,1H3,(H,16,17). The van der Waals surface area contributed by atoms with Gasteiger partial charge >= 0.3 is 5.97 Å². The van der Waals surface area contributed by atoms with E-state index in [0.29, 0.717) is 6.08 Å². The third-order valence-corrected chi connectivity index (χ3v) is 2.70. The van der Waals surface area contributed by atoms with E-state index in [4.69, 9.17) is 9.84 Å². The van der Waals surface area contributed by atoms with Crippen molar-refractivity contribution >= 4 is 11.8 Å². The summed E-state index contributed by atoms with van der Waals surface area (Å²) >= 11 is 0. The van der Waals surface area contributed by atoms with Gasteiger partial charge in [0.1, 0.15) is 11.6 Å². The predicted molar refractivity (Wildman–Crippen MR) is 55.5 cm³/mol. The molecule has 6 heteroatoms. The average Bonchev–Trinajstić information content (AvgIpc) is 2.56. The van der Waals surface area contributed by atoms with Crippen LogP contribution in [0.3, 0.4) is 0 Å². The molecule has 1 heterocycles. The Kier molecular flexibility index (Phi) is 2.65. The van der Waals surface area contributed by atoms with Crippen molar-refractivity contribution < 1.29 is 28.2 Å². The maximum Gasteiger partial charge on any atom is 0.371 e. The molecule has 1 aliphatic heterocycles. The fourth-order valence-electron chi connectivity index (χ4n) is 1.79. The summed E-state index contributed by atoms with van der Waals surface area (Å²) in [7, 11) is 0. The van der Waals surface area contributed by atoms with Gasteiger partial charge in [0.15, 0.2) is 5.60 Å². The number of carboxylic acids is 1. The molecular weight excluding hydrogens is 246 g/mol. The van der Waals surface area contributed by atoms with E-state index in [1.54, 1.807) is 0 Å². The maximum absolute atomic E-state index is 13.6. The molecule has 1 unspecified atom stereocenters. The van der Waals surface area contributed by atoms with Crippen LogP contribution >= 0.6 is 0 Å². The largest absolute Gasteiger partial charge is 0.475 e. The zero-order valence-electron chi connectivity index (χ0n) is 9.24. The van der Waals surface area contributed by atoms with Crippen LogP contribution in [0.25, 0.3) is 0 Å². The summed E-state index contributed by atoms with van der Waals surface area (Å²) in [5, 5.41) is 8.72. The number of benzene rings is 1. The van der Waals surface area contributed by atoms with E-state index in [1.165, 1.54) is 0 Å². The Morgan fingerprint density at radius 1 is 1.33 bits per heavy atom. The summed E-state index contributed by atoms with van der Waals surface area (Å²) in [5.74, 6) is -4.85. The van der Waals surface area contributed by atoms with Gasteiger partial charge < -0.3 is 9.84 Å². The van der Waals surface area contributed by atoms with E-state index < -0.39 is 40.3 Å². The van der Waals surface area contributed by atoms with Gasteiger partial charge in [-0.25, -0.2) is 13.6 Å². The Hall–Kier alpha value is -2.24. The van der Waals surface area contributed by atoms with E-state index in [9.17, 15) is 18.4 Å². The van der Waals surface area contributed by atoms with Crippen LogP contribution in [0.1, 0.15) is 12.5 Å². The Balaban J connectivity index is 2.53. The van der Waals surface area contributed by atoms with Gasteiger partial charge in [-0.1, -0.05) is 6.07 Å². The van der Waals surface area contributed by atoms with Crippen LogP contribution in [-0.2, 0) is 19.9 Å². The number of ether oxygens (including phenoxy) is 1. The van der Waals surface area contributed by atoms with Crippen molar-refractivity contribution in [2.75, 3.05) is 0 Å². The van der Waals surface area contributed by atoms with Crippen molar-refractivity contribution in [1.82, 2.24) is 0 Å². The number of hydrogen-bond acceptors (Lipinski definition) is 3. The first-order valence-corrected chi connectivity index (χ1v) is 4.99. The lowest BCUT2D eigenvalue weighted by Crippen LogP contribution is -2.32. The molecule has 0 spiro atoms. The van der Waals surface area contributed by atoms with Crippen LogP contribution in [0.5, 0.6) is 0 Å². The Morgan fingerprint density at radius 3 is 2.33 bits per heavy atom. The first-order valence-electron chi connectivity index (χ1n) is 4.99. The molecule has 0 radical (unpaired) electrons. The molecule has 0 bridgehead atoms. The minimum atomic E-state index is -1.98. The Bertz CT molecular complexity index is 559. The number of ketones is 1. The van der Waals surface area contributed by atoms with Crippen molar-refractivity contribution in [3.63, 3.8) is 0 Å². The smallest absolute Gasteiger partial charge is 0.371 e. The lowest BCUT2D eigenvalue weighted by molar-refractivity contribution is -0.141. The molecule has 0 aliphatic carbocycles. The molecular formula is C12H8F2O4. The highest BCUT2D eigenvalue weighted by molar-refractivity contribution is 6.05. The Labute approximate surface area is 100 Å². The number of halogens is 2. The predicted octanol–water partition coefficient (Wildman–Crippen LogP) is 1.75. The second-order valence-electron chi connectivity index (χ2n) is 3.91. The summed E-state index contributed by atoms with van der Waals surface area (Å²) in [6.07, 6.45) is 0.716. The Morgan fingerprint density at radius 2 is 1.89 bits per heavy atom. The van der Waals surface area contributed by atoms with Crippen molar-refractivity contribution in [3.8, 4) is 0 Å². The second kappa shape index (κ2) is 3.90. The molecule has 1 aliphatic rings.